The second kappa shape index (κ2) is 12.4. The molecule has 2 aliphatic rings. The van der Waals surface area contributed by atoms with Gasteiger partial charge in [-0.3, -0.25) is 4.68 Å². The molecule has 1 aromatic heterocycles. The molecule has 0 radical (unpaired) electrons. The average Bonchev–Trinajstić information content (AvgIpc) is 3.92. The van der Waals surface area contributed by atoms with Gasteiger partial charge in [-0.15, -0.1) is 0 Å². The molecule has 2 aromatic carbocycles. The Morgan fingerprint density at radius 1 is 1.00 bits per heavy atom. The second-order valence-electron chi connectivity index (χ2n) is 12.1. The number of sulfone groups is 1. The molecule has 8 heteroatoms. The zero-order valence-electron chi connectivity index (χ0n) is 24.8. The number of nitrogens with zero attached hydrogens (tertiary/aromatic N) is 3. The van der Waals surface area contributed by atoms with Crippen molar-refractivity contribution >= 4 is 15.9 Å². The lowest BCUT2D eigenvalue weighted by Gasteiger charge is -2.27. The summed E-state index contributed by atoms with van der Waals surface area (Å²) in [6.07, 6.45) is 5.76. The largest absolute Gasteiger partial charge is 0.334 e. The van der Waals surface area contributed by atoms with Crippen LogP contribution in [-0.2, 0) is 22.8 Å². The normalized spacial score (nSPS) is 16.1. The summed E-state index contributed by atoms with van der Waals surface area (Å²) < 4.78 is 26.5. The van der Waals surface area contributed by atoms with Crippen molar-refractivity contribution in [2.45, 2.75) is 95.0 Å². The van der Waals surface area contributed by atoms with Crippen molar-refractivity contribution < 1.29 is 13.2 Å². The van der Waals surface area contributed by atoms with Crippen molar-refractivity contribution in [2.24, 2.45) is 0 Å². The lowest BCUT2D eigenvalue weighted by molar-refractivity contribution is 0.194. The highest BCUT2D eigenvalue weighted by molar-refractivity contribution is 7.91. The number of rotatable bonds is 13. The highest BCUT2D eigenvalue weighted by Crippen LogP contribution is 2.41. The van der Waals surface area contributed by atoms with Gasteiger partial charge in [0.15, 0.2) is 9.84 Å². The molecular weight excluding hydrogens is 532 g/mol. The van der Waals surface area contributed by atoms with Crippen molar-refractivity contribution in [3.8, 4) is 0 Å². The molecular formula is C33H44N4O3S. The molecule has 2 amide bonds. The van der Waals surface area contributed by atoms with Crippen LogP contribution in [0.5, 0.6) is 0 Å². The molecule has 220 valence electrons. The third-order valence-electron chi connectivity index (χ3n) is 8.33. The van der Waals surface area contributed by atoms with Gasteiger partial charge in [-0.2, -0.15) is 5.10 Å². The van der Waals surface area contributed by atoms with Gasteiger partial charge in [0.25, 0.3) is 0 Å². The van der Waals surface area contributed by atoms with Gasteiger partial charge in [0.05, 0.1) is 16.3 Å². The maximum Gasteiger partial charge on any atom is 0.317 e. The number of aromatic nitrogens is 2. The summed E-state index contributed by atoms with van der Waals surface area (Å²) in [5, 5.41) is 8.02. The van der Waals surface area contributed by atoms with Crippen LogP contribution in [0.2, 0.25) is 0 Å². The minimum Gasteiger partial charge on any atom is -0.334 e. The van der Waals surface area contributed by atoms with Gasteiger partial charge in [0, 0.05) is 43.2 Å². The lowest BCUT2D eigenvalue weighted by atomic mass is 10.0. The fourth-order valence-electron chi connectivity index (χ4n) is 5.44. The van der Waals surface area contributed by atoms with Crippen LogP contribution in [-0.4, -0.2) is 48.0 Å². The van der Waals surface area contributed by atoms with Crippen molar-refractivity contribution in [1.82, 2.24) is 20.0 Å². The first-order chi connectivity index (χ1) is 19.6. The molecule has 41 heavy (non-hydrogen) atoms. The number of urea groups is 1. The average molecular weight is 577 g/mol. The first-order valence-electron chi connectivity index (χ1n) is 15.2. The minimum atomic E-state index is -3.25. The molecule has 1 N–H and O–H groups in total. The van der Waals surface area contributed by atoms with Crippen LogP contribution < -0.4 is 5.32 Å². The van der Waals surface area contributed by atoms with Gasteiger partial charge in [-0.25, -0.2) is 13.2 Å². The number of hydrogen-bond acceptors (Lipinski definition) is 4. The van der Waals surface area contributed by atoms with Gasteiger partial charge < -0.3 is 10.2 Å². The molecule has 0 bridgehead atoms. The Labute approximate surface area is 245 Å². The quantitative estimate of drug-likeness (QED) is 0.249. The van der Waals surface area contributed by atoms with Crippen molar-refractivity contribution in [1.29, 1.82) is 0 Å². The number of hydrogen-bond donors (Lipinski definition) is 1. The van der Waals surface area contributed by atoms with E-state index in [0.29, 0.717) is 36.4 Å². The molecule has 0 saturated heterocycles. The number of amides is 2. The molecule has 1 atom stereocenters. The van der Waals surface area contributed by atoms with E-state index in [0.717, 1.165) is 12.0 Å². The zero-order chi connectivity index (χ0) is 29.1. The van der Waals surface area contributed by atoms with Gasteiger partial charge in [0.2, 0.25) is 0 Å². The molecule has 2 saturated carbocycles. The Bertz CT molecular complexity index is 1450. The second-order valence-corrected chi connectivity index (χ2v) is 14.4. The molecule has 0 aliphatic heterocycles. The number of benzene rings is 2. The van der Waals surface area contributed by atoms with E-state index in [1.807, 2.05) is 4.90 Å². The predicted octanol–water partition coefficient (Wildman–Crippen LogP) is 6.57. The van der Waals surface area contributed by atoms with Crippen molar-refractivity contribution in [3.63, 3.8) is 0 Å². The van der Waals surface area contributed by atoms with Gasteiger partial charge in [-0.05, 0) is 86.8 Å². The molecule has 0 spiro atoms. The fraction of sp³-hybridized carbons (Fsp3) is 0.515. The van der Waals surface area contributed by atoms with Crippen LogP contribution in [0.3, 0.4) is 0 Å². The van der Waals surface area contributed by atoms with Crippen LogP contribution in [0.4, 0.5) is 4.79 Å². The van der Waals surface area contributed by atoms with Crippen molar-refractivity contribution in [2.75, 3.05) is 18.8 Å². The van der Waals surface area contributed by atoms with Crippen molar-refractivity contribution in [3.05, 3.63) is 82.7 Å². The number of carbonyl (C=O) groups is 1. The first kappa shape index (κ1) is 29.4. The van der Waals surface area contributed by atoms with E-state index in [1.165, 1.54) is 48.2 Å². The topological polar surface area (TPSA) is 84.3 Å². The van der Waals surface area contributed by atoms with E-state index in [9.17, 15) is 13.2 Å². The van der Waals surface area contributed by atoms with Gasteiger partial charge in [-0.1, -0.05) is 50.2 Å². The molecule has 2 fully saturated rings. The predicted molar refractivity (Wildman–Crippen MR) is 163 cm³/mol. The van der Waals surface area contributed by atoms with Crippen LogP contribution >= 0.6 is 0 Å². The summed E-state index contributed by atoms with van der Waals surface area (Å²) in [5.41, 5.74) is 5.90. The Hall–Kier alpha value is -3.13. The van der Waals surface area contributed by atoms with E-state index in [2.05, 4.69) is 61.1 Å². The lowest BCUT2D eigenvalue weighted by Crippen LogP contribution is -2.42. The van der Waals surface area contributed by atoms with Gasteiger partial charge in [0.1, 0.15) is 0 Å². The Balaban J connectivity index is 1.30. The molecule has 2 aliphatic carbocycles. The maximum absolute atomic E-state index is 13.6. The Morgan fingerprint density at radius 3 is 2.34 bits per heavy atom. The summed E-state index contributed by atoms with van der Waals surface area (Å²) in [6.45, 7) is 9.69. The summed E-state index contributed by atoms with van der Waals surface area (Å²) >= 11 is 0. The molecule has 1 heterocycles. The highest BCUT2D eigenvalue weighted by Gasteiger charge is 2.30. The van der Waals surface area contributed by atoms with Gasteiger partial charge >= 0.3 is 6.03 Å². The monoisotopic (exact) mass is 576 g/mol. The highest BCUT2D eigenvalue weighted by atomic mass is 32.2. The SMILES string of the molecule is CCS(=O)(=O)c1ccc(CNC(=O)N(CCc2cccc(C3CC3)c2)CC(C)c2cc(C3CC3)nn2C(C)C)cc1. The standard InChI is InChI=1S/C33H44N4O3S/c1-5-41(39,40)30-15-9-26(10-16-30)21-34-33(38)36(18-17-25-7-6-8-29(19-25)27-11-12-27)22-24(4)32-20-31(28-13-14-28)35-37(32)23(2)3/h6-10,15-16,19-20,23-24,27-28H,5,11-14,17-18,21-22H2,1-4H3,(H,34,38). The Morgan fingerprint density at radius 2 is 1.71 bits per heavy atom. The Kier molecular flexibility index (Phi) is 8.88. The molecule has 7 nitrogen and oxygen atoms in total. The smallest absolute Gasteiger partial charge is 0.317 e. The number of carbonyl (C=O) groups excluding carboxylic acids is 1. The molecule has 3 aromatic rings. The fourth-order valence-corrected chi connectivity index (χ4v) is 6.33. The molecule has 5 rings (SSSR count). The van der Waals surface area contributed by atoms with Crippen LogP contribution in [0, 0.1) is 0 Å². The van der Waals surface area contributed by atoms with Crippen LogP contribution in [0.1, 0.15) is 105 Å². The minimum absolute atomic E-state index is 0.0671. The van der Waals surface area contributed by atoms with E-state index in [4.69, 9.17) is 5.10 Å². The van der Waals surface area contributed by atoms with Crippen LogP contribution in [0.25, 0.3) is 0 Å². The summed E-state index contributed by atoms with van der Waals surface area (Å²) in [6, 6.07) is 18.0. The third-order valence-corrected chi connectivity index (χ3v) is 10.1. The maximum atomic E-state index is 13.6. The number of nitrogens with one attached hydrogen (secondary N) is 1. The van der Waals surface area contributed by atoms with E-state index in [-0.39, 0.29) is 23.7 Å². The van der Waals surface area contributed by atoms with E-state index >= 15 is 0 Å². The summed E-state index contributed by atoms with van der Waals surface area (Å²) in [5.74, 6) is 1.47. The van der Waals surface area contributed by atoms with E-state index < -0.39 is 9.84 Å². The zero-order valence-corrected chi connectivity index (χ0v) is 25.7. The van der Waals surface area contributed by atoms with E-state index in [1.54, 1.807) is 31.2 Å². The van der Waals surface area contributed by atoms with Crippen LogP contribution in [0.15, 0.2) is 59.5 Å². The molecule has 1 unspecified atom stereocenters. The summed E-state index contributed by atoms with van der Waals surface area (Å²) in [7, 11) is -3.25. The first-order valence-corrected chi connectivity index (χ1v) is 16.8. The third kappa shape index (κ3) is 7.39. The summed E-state index contributed by atoms with van der Waals surface area (Å²) in [4.78, 5) is 15.8.